The van der Waals surface area contributed by atoms with E-state index in [1.165, 1.54) is 0 Å². The number of hydrogen-bond donors (Lipinski definition) is 1. The van der Waals surface area contributed by atoms with E-state index in [0.717, 1.165) is 15.0 Å². The van der Waals surface area contributed by atoms with Gasteiger partial charge in [0.15, 0.2) is 0 Å². The van der Waals surface area contributed by atoms with Crippen molar-refractivity contribution in [1.82, 2.24) is 4.98 Å². The lowest BCUT2D eigenvalue weighted by Gasteiger charge is -1.78. The lowest BCUT2D eigenvalue weighted by molar-refractivity contribution is 0.0696. The van der Waals surface area contributed by atoms with Gasteiger partial charge in [-0.05, 0) is 22.6 Å². The topological polar surface area (TPSA) is 50.2 Å². The Bertz CT molecular complexity index is 234. The predicted molar refractivity (Wildman–Crippen MR) is 41.8 cm³/mol. The van der Waals surface area contributed by atoms with E-state index < -0.39 is 5.97 Å². The molecule has 0 fully saturated rings. The maximum Gasteiger partial charge on any atom is 0.365 e. The summed E-state index contributed by atoms with van der Waals surface area (Å²) in [5, 5.41) is 10.2. The molecule has 0 aromatic carbocycles. The molecular weight excluding hydrogens is 253 g/mol. The lowest BCUT2D eigenvalue weighted by atomic mass is 10.7. The van der Waals surface area contributed by atoms with E-state index in [-0.39, 0.29) is 5.01 Å². The van der Waals surface area contributed by atoms with Gasteiger partial charge in [-0.1, -0.05) is 0 Å². The first-order valence-corrected chi connectivity index (χ1v) is 4.00. The molecule has 48 valence electrons. The van der Waals surface area contributed by atoms with Gasteiger partial charge in [0.2, 0.25) is 5.01 Å². The zero-order valence-electron chi connectivity index (χ0n) is 4.17. The third kappa shape index (κ3) is 1.62. The molecule has 0 aliphatic heterocycles. The molecule has 0 aliphatic rings. The Morgan fingerprint density at radius 2 is 2.56 bits per heavy atom. The van der Waals surface area contributed by atoms with Gasteiger partial charge in [0.1, 0.15) is 3.70 Å². The van der Waals surface area contributed by atoms with Crippen LogP contribution in [0.2, 0.25) is 0 Å². The second kappa shape index (κ2) is 2.61. The van der Waals surface area contributed by atoms with E-state index in [0.29, 0.717) is 0 Å². The molecule has 0 atom stereocenters. The van der Waals surface area contributed by atoms with E-state index in [1.54, 1.807) is 5.38 Å². The van der Waals surface area contributed by atoms with Crippen LogP contribution in [-0.4, -0.2) is 16.1 Å². The molecular formula is C4H2INO2S. The third-order valence-corrected chi connectivity index (χ3v) is 2.46. The predicted octanol–water partition coefficient (Wildman–Crippen LogP) is 1.45. The summed E-state index contributed by atoms with van der Waals surface area (Å²) in [6.45, 7) is 0. The molecule has 0 bridgehead atoms. The van der Waals surface area contributed by atoms with Crippen LogP contribution in [0.25, 0.3) is 0 Å². The largest absolute Gasteiger partial charge is 0.476 e. The number of thiazole rings is 1. The molecule has 9 heavy (non-hydrogen) atoms. The lowest BCUT2D eigenvalue weighted by Crippen LogP contribution is -1.93. The van der Waals surface area contributed by atoms with Gasteiger partial charge < -0.3 is 5.11 Å². The van der Waals surface area contributed by atoms with Crippen LogP contribution < -0.4 is 0 Å². The van der Waals surface area contributed by atoms with E-state index >= 15 is 0 Å². The number of carbonyl (C=O) groups is 1. The Morgan fingerprint density at radius 3 is 2.78 bits per heavy atom. The number of carboxylic acid groups (broad SMARTS) is 1. The molecule has 3 nitrogen and oxygen atoms in total. The van der Waals surface area contributed by atoms with E-state index in [4.69, 9.17) is 5.11 Å². The highest BCUT2D eigenvalue weighted by Gasteiger charge is 2.05. The van der Waals surface area contributed by atoms with Crippen molar-refractivity contribution in [3.8, 4) is 0 Å². The van der Waals surface area contributed by atoms with Crippen LogP contribution >= 0.6 is 33.9 Å². The number of nitrogens with zero attached hydrogens (tertiary/aromatic N) is 1. The SMILES string of the molecule is O=C(O)c1nc(I)cs1. The van der Waals surface area contributed by atoms with E-state index in [1.807, 2.05) is 22.6 Å². The summed E-state index contributed by atoms with van der Waals surface area (Å²) in [5.74, 6) is -0.956. The molecule has 0 amide bonds. The van der Waals surface area contributed by atoms with Crippen LogP contribution in [-0.2, 0) is 0 Å². The van der Waals surface area contributed by atoms with Crippen molar-refractivity contribution in [3.05, 3.63) is 14.1 Å². The molecule has 1 rings (SSSR count). The van der Waals surface area contributed by atoms with Gasteiger partial charge in [-0.15, -0.1) is 11.3 Å². The number of aromatic nitrogens is 1. The maximum atomic E-state index is 10.2. The summed E-state index contributed by atoms with van der Waals surface area (Å²) in [4.78, 5) is 13.9. The number of carboxylic acids is 1. The second-order valence-electron chi connectivity index (χ2n) is 1.28. The Hall–Kier alpha value is -0.170. The molecule has 0 spiro atoms. The van der Waals surface area contributed by atoms with Crippen molar-refractivity contribution in [2.75, 3.05) is 0 Å². The third-order valence-electron chi connectivity index (χ3n) is 0.659. The first-order valence-electron chi connectivity index (χ1n) is 2.04. The molecule has 1 heterocycles. The molecule has 0 saturated carbocycles. The number of hydrogen-bond acceptors (Lipinski definition) is 3. The zero-order chi connectivity index (χ0) is 6.85. The summed E-state index contributed by atoms with van der Waals surface area (Å²) in [6.07, 6.45) is 0. The minimum absolute atomic E-state index is 0.152. The summed E-state index contributed by atoms with van der Waals surface area (Å²) in [6, 6.07) is 0. The van der Waals surface area contributed by atoms with Crippen LogP contribution in [0.15, 0.2) is 5.38 Å². The molecule has 1 aromatic heterocycles. The highest BCUT2D eigenvalue weighted by atomic mass is 127. The van der Waals surface area contributed by atoms with Crippen LogP contribution in [0, 0.1) is 3.70 Å². The fourth-order valence-corrected chi connectivity index (χ4v) is 1.65. The first kappa shape index (κ1) is 6.94. The Balaban J connectivity index is 2.98. The molecule has 0 radical (unpaired) electrons. The standard InChI is InChI=1S/C4H2INO2S/c5-2-1-9-3(6-2)4(7)8/h1H,(H,7,8). The summed E-state index contributed by atoms with van der Waals surface area (Å²) in [5.41, 5.74) is 0. The first-order chi connectivity index (χ1) is 4.20. The van der Waals surface area contributed by atoms with Crippen molar-refractivity contribution in [2.24, 2.45) is 0 Å². The van der Waals surface area contributed by atoms with Crippen molar-refractivity contribution >= 4 is 39.9 Å². The van der Waals surface area contributed by atoms with Gasteiger partial charge in [-0.3, -0.25) is 0 Å². The Kier molecular flexibility index (Phi) is 2.01. The number of halogens is 1. The zero-order valence-corrected chi connectivity index (χ0v) is 7.14. The van der Waals surface area contributed by atoms with Crippen LogP contribution in [0.4, 0.5) is 0 Å². The van der Waals surface area contributed by atoms with Gasteiger partial charge in [0.25, 0.3) is 0 Å². The monoisotopic (exact) mass is 255 g/mol. The van der Waals surface area contributed by atoms with Gasteiger partial charge in [-0.2, -0.15) is 0 Å². The molecule has 0 unspecified atom stereocenters. The summed E-state index contributed by atoms with van der Waals surface area (Å²) < 4.78 is 0.731. The van der Waals surface area contributed by atoms with Gasteiger partial charge in [0.05, 0.1) is 0 Å². The molecule has 0 aliphatic carbocycles. The Labute approximate surface area is 68.9 Å². The number of aromatic carboxylic acids is 1. The normalized spacial score (nSPS) is 9.44. The van der Waals surface area contributed by atoms with Crippen molar-refractivity contribution in [1.29, 1.82) is 0 Å². The second-order valence-corrected chi connectivity index (χ2v) is 3.24. The van der Waals surface area contributed by atoms with Gasteiger partial charge in [-0.25, -0.2) is 9.78 Å². The summed E-state index contributed by atoms with van der Waals surface area (Å²) >= 11 is 3.11. The Morgan fingerprint density at radius 1 is 1.89 bits per heavy atom. The quantitative estimate of drug-likeness (QED) is 0.772. The fraction of sp³-hybridized carbons (Fsp3) is 0. The molecule has 0 saturated heterocycles. The molecule has 5 heteroatoms. The highest BCUT2D eigenvalue weighted by Crippen LogP contribution is 2.10. The van der Waals surface area contributed by atoms with Crippen LogP contribution in [0.3, 0.4) is 0 Å². The minimum atomic E-state index is -0.956. The minimum Gasteiger partial charge on any atom is -0.476 e. The summed E-state index contributed by atoms with van der Waals surface area (Å²) in [7, 11) is 0. The van der Waals surface area contributed by atoms with Crippen molar-refractivity contribution in [3.63, 3.8) is 0 Å². The van der Waals surface area contributed by atoms with Crippen LogP contribution in [0.5, 0.6) is 0 Å². The van der Waals surface area contributed by atoms with Crippen LogP contribution in [0.1, 0.15) is 9.80 Å². The fourth-order valence-electron chi connectivity index (χ4n) is 0.352. The number of rotatable bonds is 1. The molecule has 1 aromatic rings. The smallest absolute Gasteiger partial charge is 0.365 e. The van der Waals surface area contributed by atoms with Crippen molar-refractivity contribution < 1.29 is 9.90 Å². The highest BCUT2D eigenvalue weighted by molar-refractivity contribution is 14.1. The average Bonchev–Trinajstić information content (AvgIpc) is 2.14. The van der Waals surface area contributed by atoms with E-state index in [2.05, 4.69) is 4.98 Å². The van der Waals surface area contributed by atoms with Gasteiger partial charge in [0, 0.05) is 5.38 Å². The maximum absolute atomic E-state index is 10.2. The van der Waals surface area contributed by atoms with E-state index in [9.17, 15) is 4.79 Å². The average molecular weight is 255 g/mol. The van der Waals surface area contributed by atoms with Gasteiger partial charge >= 0.3 is 5.97 Å². The molecule has 1 N–H and O–H groups in total. The van der Waals surface area contributed by atoms with Crippen molar-refractivity contribution in [2.45, 2.75) is 0 Å².